The first-order valence-corrected chi connectivity index (χ1v) is 5.93. The van der Waals surface area contributed by atoms with Gasteiger partial charge in [-0.1, -0.05) is 0 Å². The lowest BCUT2D eigenvalue weighted by Crippen LogP contribution is -2.48. The van der Waals surface area contributed by atoms with Crippen LogP contribution in [0.15, 0.2) is 12.1 Å². The van der Waals surface area contributed by atoms with Gasteiger partial charge in [-0.25, -0.2) is 13.2 Å². The molecule has 18 heavy (non-hydrogen) atoms. The first-order chi connectivity index (χ1) is 8.61. The maximum atomic E-state index is 13.6. The topological polar surface area (TPSA) is 32.5 Å². The molecule has 2 rings (SSSR count). The number of rotatable bonds is 3. The highest BCUT2D eigenvalue weighted by Crippen LogP contribution is 2.25. The molecule has 1 aliphatic heterocycles. The summed E-state index contributed by atoms with van der Waals surface area (Å²) in [6.45, 7) is 3.78. The van der Waals surface area contributed by atoms with Gasteiger partial charge >= 0.3 is 0 Å². The van der Waals surface area contributed by atoms with E-state index < -0.39 is 17.5 Å². The van der Waals surface area contributed by atoms with E-state index in [4.69, 9.17) is 5.73 Å². The number of nitrogens with zero attached hydrogens (tertiary/aromatic N) is 2. The fraction of sp³-hybridized carbons (Fsp3) is 0.500. The minimum absolute atomic E-state index is 0.135. The lowest BCUT2D eigenvalue weighted by molar-refractivity contribution is 0.263. The Hall–Kier alpha value is -1.27. The smallest absolute Gasteiger partial charge is 0.152 e. The average Bonchev–Trinajstić information content (AvgIpc) is 2.30. The molecule has 1 aliphatic rings. The maximum Gasteiger partial charge on any atom is 0.152 e. The lowest BCUT2D eigenvalue weighted by Gasteiger charge is -2.36. The van der Waals surface area contributed by atoms with Gasteiger partial charge in [0.1, 0.15) is 11.5 Å². The molecule has 1 heterocycles. The molecule has 0 saturated carbocycles. The summed E-state index contributed by atoms with van der Waals surface area (Å²) >= 11 is 0. The fourth-order valence-electron chi connectivity index (χ4n) is 2.21. The van der Waals surface area contributed by atoms with E-state index in [9.17, 15) is 13.2 Å². The third-order valence-corrected chi connectivity index (χ3v) is 3.12. The zero-order valence-electron chi connectivity index (χ0n) is 10.0. The van der Waals surface area contributed by atoms with Crippen LogP contribution in [0, 0.1) is 17.5 Å². The van der Waals surface area contributed by atoms with Crippen LogP contribution in [0.1, 0.15) is 0 Å². The first-order valence-electron chi connectivity index (χ1n) is 5.93. The zero-order chi connectivity index (χ0) is 13.1. The van der Waals surface area contributed by atoms with Gasteiger partial charge in [-0.15, -0.1) is 0 Å². The number of hydrogen-bond acceptors (Lipinski definition) is 3. The van der Waals surface area contributed by atoms with Crippen LogP contribution in [0.4, 0.5) is 18.9 Å². The van der Waals surface area contributed by atoms with E-state index in [0.717, 1.165) is 6.54 Å². The van der Waals surface area contributed by atoms with Gasteiger partial charge in [0.2, 0.25) is 0 Å². The number of piperazine rings is 1. The summed E-state index contributed by atoms with van der Waals surface area (Å²) in [6, 6.07) is 1.43. The second-order valence-electron chi connectivity index (χ2n) is 4.34. The van der Waals surface area contributed by atoms with Crippen LogP contribution in [0.5, 0.6) is 0 Å². The Balaban J connectivity index is 2.10. The molecular formula is C12H16F3N3. The third kappa shape index (κ3) is 2.76. The summed E-state index contributed by atoms with van der Waals surface area (Å²) < 4.78 is 40.0. The van der Waals surface area contributed by atoms with Crippen LogP contribution in [-0.4, -0.2) is 44.2 Å². The Labute approximate surface area is 104 Å². The van der Waals surface area contributed by atoms with E-state index in [1.807, 2.05) is 0 Å². The van der Waals surface area contributed by atoms with Gasteiger partial charge in [0.15, 0.2) is 11.6 Å². The molecule has 0 radical (unpaired) electrons. The minimum atomic E-state index is -0.893. The number of benzene rings is 1. The van der Waals surface area contributed by atoms with E-state index in [-0.39, 0.29) is 5.69 Å². The summed E-state index contributed by atoms with van der Waals surface area (Å²) in [4.78, 5) is 3.74. The van der Waals surface area contributed by atoms with Crippen molar-refractivity contribution in [2.45, 2.75) is 0 Å². The second-order valence-corrected chi connectivity index (χ2v) is 4.34. The van der Waals surface area contributed by atoms with Crippen molar-refractivity contribution in [2.24, 2.45) is 5.73 Å². The summed E-state index contributed by atoms with van der Waals surface area (Å²) in [7, 11) is 0. The van der Waals surface area contributed by atoms with Crippen molar-refractivity contribution in [1.82, 2.24) is 4.90 Å². The molecule has 0 amide bonds. The van der Waals surface area contributed by atoms with Gasteiger partial charge in [0, 0.05) is 51.4 Å². The maximum absolute atomic E-state index is 13.6. The number of anilines is 1. The number of hydrogen-bond donors (Lipinski definition) is 1. The average molecular weight is 259 g/mol. The van der Waals surface area contributed by atoms with Crippen molar-refractivity contribution in [3.05, 3.63) is 29.6 Å². The summed E-state index contributed by atoms with van der Waals surface area (Å²) in [6.07, 6.45) is 0. The normalized spacial score (nSPS) is 17.2. The van der Waals surface area contributed by atoms with E-state index in [1.54, 1.807) is 4.90 Å². The highest BCUT2D eigenvalue weighted by atomic mass is 19.1. The van der Waals surface area contributed by atoms with Crippen molar-refractivity contribution >= 4 is 5.69 Å². The van der Waals surface area contributed by atoms with Gasteiger partial charge in [-0.2, -0.15) is 0 Å². The second kappa shape index (κ2) is 5.58. The number of nitrogens with two attached hydrogens (primary N) is 1. The Morgan fingerprint density at radius 2 is 1.56 bits per heavy atom. The summed E-state index contributed by atoms with van der Waals surface area (Å²) in [5.74, 6) is -2.59. The summed E-state index contributed by atoms with van der Waals surface area (Å²) in [5.41, 5.74) is 5.32. The molecule has 0 aromatic heterocycles. The minimum Gasteiger partial charge on any atom is -0.364 e. The van der Waals surface area contributed by atoms with Crippen LogP contribution >= 0.6 is 0 Å². The molecule has 0 unspecified atom stereocenters. The summed E-state index contributed by atoms with van der Waals surface area (Å²) in [5, 5.41) is 0. The van der Waals surface area contributed by atoms with Crippen molar-refractivity contribution in [1.29, 1.82) is 0 Å². The van der Waals surface area contributed by atoms with Gasteiger partial charge in [-0.05, 0) is 0 Å². The molecule has 1 fully saturated rings. The Bertz CT molecular complexity index is 394. The van der Waals surface area contributed by atoms with E-state index in [2.05, 4.69) is 4.90 Å². The number of halogens is 3. The van der Waals surface area contributed by atoms with Crippen LogP contribution < -0.4 is 10.6 Å². The molecular weight excluding hydrogens is 243 g/mol. The highest BCUT2D eigenvalue weighted by molar-refractivity contribution is 5.49. The Morgan fingerprint density at radius 3 is 2.06 bits per heavy atom. The molecule has 0 atom stereocenters. The highest BCUT2D eigenvalue weighted by Gasteiger charge is 2.22. The molecule has 0 spiro atoms. The van der Waals surface area contributed by atoms with Crippen molar-refractivity contribution in [3.8, 4) is 0 Å². The van der Waals surface area contributed by atoms with Gasteiger partial charge < -0.3 is 10.6 Å². The van der Waals surface area contributed by atoms with Gasteiger partial charge in [-0.3, -0.25) is 4.90 Å². The van der Waals surface area contributed by atoms with E-state index in [0.29, 0.717) is 44.9 Å². The van der Waals surface area contributed by atoms with Gasteiger partial charge in [0.05, 0.1) is 0 Å². The van der Waals surface area contributed by atoms with Crippen LogP contribution in [0.2, 0.25) is 0 Å². The monoisotopic (exact) mass is 259 g/mol. The van der Waals surface area contributed by atoms with Crippen LogP contribution in [-0.2, 0) is 0 Å². The Morgan fingerprint density at radius 1 is 1.00 bits per heavy atom. The zero-order valence-corrected chi connectivity index (χ0v) is 10.0. The third-order valence-electron chi connectivity index (χ3n) is 3.12. The molecule has 0 bridgehead atoms. The van der Waals surface area contributed by atoms with Crippen molar-refractivity contribution in [3.63, 3.8) is 0 Å². The fourth-order valence-corrected chi connectivity index (χ4v) is 2.21. The largest absolute Gasteiger partial charge is 0.364 e. The molecule has 1 aromatic carbocycles. The SMILES string of the molecule is NCCN1CCN(c2c(F)cc(F)cc2F)CC1. The Kier molecular flexibility index (Phi) is 4.08. The van der Waals surface area contributed by atoms with Crippen molar-refractivity contribution in [2.75, 3.05) is 44.2 Å². The lowest BCUT2D eigenvalue weighted by atomic mass is 10.2. The molecule has 1 saturated heterocycles. The molecule has 100 valence electrons. The molecule has 1 aromatic rings. The van der Waals surface area contributed by atoms with E-state index in [1.165, 1.54) is 0 Å². The quantitative estimate of drug-likeness (QED) is 0.885. The predicted octanol–water partition coefficient (Wildman–Crippen LogP) is 1.18. The van der Waals surface area contributed by atoms with Crippen LogP contribution in [0.3, 0.4) is 0 Å². The molecule has 6 heteroatoms. The standard InChI is InChI=1S/C12H16F3N3/c13-9-7-10(14)12(11(15)8-9)18-5-3-17(2-1-16)4-6-18/h7-8H,1-6,16H2. The van der Waals surface area contributed by atoms with Gasteiger partial charge in [0.25, 0.3) is 0 Å². The van der Waals surface area contributed by atoms with Crippen LogP contribution in [0.25, 0.3) is 0 Å². The van der Waals surface area contributed by atoms with Crippen molar-refractivity contribution < 1.29 is 13.2 Å². The molecule has 0 aliphatic carbocycles. The van der Waals surface area contributed by atoms with E-state index >= 15 is 0 Å². The predicted molar refractivity (Wildman–Crippen MR) is 64.0 cm³/mol. The molecule has 3 nitrogen and oxygen atoms in total. The first kappa shape index (κ1) is 13.2. The molecule has 2 N–H and O–H groups in total.